The summed E-state index contributed by atoms with van der Waals surface area (Å²) >= 11 is 2.79. The summed E-state index contributed by atoms with van der Waals surface area (Å²) in [5, 5.41) is 12.7. The number of aromatic nitrogens is 3. The van der Waals surface area contributed by atoms with Gasteiger partial charge in [-0.2, -0.15) is 0 Å². The standard InChI is InChI=1S/C20H28N4O3S2/c1-5-27-19(26)17-12(2)13(3)29-18(17)21-16(25)11-28-20-23-22-14(4)24(20)15-9-7-6-8-10-15/h15H,5-11H2,1-4H3,(H,21,25). The fraction of sp³-hybridized carbons (Fsp3) is 0.600. The van der Waals surface area contributed by atoms with E-state index < -0.39 is 5.97 Å². The number of ether oxygens (including phenoxy) is 1. The molecule has 158 valence electrons. The predicted molar refractivity (Wildman–Crippen MR) is 116 cm³/mol. The summed E-state index contributed by atoms with van der Waals surface area (Å²) in [5.74, 6) is 0.542. The second-order valence-corrected chi connectivity index (χ2v) is 9.40. The van der Waals surface area contributed by atoms with Crippen molar-refractivity contribution in [3.63, 3.8) is 0 Å². The fourth-order valence-electron chi connectivity index (χ4n) is 3.66. The molecule has 0 bridgehead atoms. The Labute approximate surface area is 179 Å². The molecule has 1 saturated carbocycles. The van der Waals surface area contributed by atoms with Crippen molar-refractivity contribution in [3.05, 3.63) is 21.8 Å². The maximum atomic E-state index is 12.6. The third kappa shape index (κ3) is 5.01. The summed E-state index contributed by atoms with van der Waals surface area (Å²) < 4.78 is 7.33. The van der Waals surface area contributed by atoms with Crippen LogP contribution in [0, 0.1) is 20.8 Å². The lowest BCUT2D eigenvalue weighted by Crippen LogP contribution is -2.18. The summed E-state index contributed by atoms with van der Waals surface area (Å²) in [6.07, 6.45) is 6.00. The first-order valence-corrected chi connectivity index (χ1v) is 11.8. The molecule has 0 radical (unpaired) electrons. The van der Waals surface area contributed by atoms with Crippen LogP contribution in [-0.4, -0.2) is 39.0 Å². The van der Waals surface area contributed by atoms with Gasteiger partial charge in [-0.3, -0.25) is 4.79 Å². The number of carbonyl (C=O) groups excluding carboxylic acids is 2. The van der Waals surface area contributed by atoms with E-state index in [2.05, 4.69) is 20.1 Å². The lowest BCUT2D eigenvalue weighted by atomic mass is 9.95. The van der Waals surface area contributed by atoms with Crippen molar-refractivity contribution >= 4 is 40.0 Å². The molecule has 1 fully saturated rings. The van der Waals surface area contributed by atoms with Crippen molar-refractivity contribution in [2.45, 2.75) is 71.0 Å². The number of hydrogen-bond acceptors (Lipinski definition) is 7. The molecule has 9 heteroatoms. The molecule has 1 N–H and O–H groups in total. The number of anilines is 1. The molecule has 1 aliphatic rings. The van der Waals surface area contributed by atoms with E-state index in [1.54, 1.807) is 6.92 Å². The highest BCUT2D eigenvalue weighted by Gasteiger charge is 2.24. The molecule has 3 rings (SSSR count). The van der Waals surface area contributed by atoms with E-state index in [1.165, 1.54) is 42.4 Å². The van der Waals surface area contributed by atoms with Crippen molar-refractivity contribution in [1.82, 2.24) is 14.8 Å². The number of carbonyl (C=O) groups is 2. The molecule has 0 spiro atoms. The number of nitrogens with one attached hydrogen (secondary N) is 1. The van der Waals surface area contributed by atoms with Crippen molar-refractivity contribution in [1.29, 1.82) is 0 Å². The first kappa shape index (κ1) is 21.8. The van der Waals surface area contributed by atoms with Gasteiger partial charge < -0.3 is 14.6 Å². The maximum Gasteiger partial charge on any atom is 0.341 e. The lowest BCUT2D eigenvalue weighted by molar-refractivity contribution is -0.113. The number of thioether (sulfide) groups is 1. The third-order valence-electron chi connectivity index (χ3n) is 5.23. The molecular formula is C20H28N4O3S2. The number of esters is 1. The van der Waals surface area contributed by atoms with Crippen LogP contribution in [0.2, 0.25) is 0 Å². The summed E-state index contributed by atoms with van der Waals surface area (Å²) in [5.41, 5.74) is 1.30. The van der Waals surface area contributed by atoms with Gasteiger partial charge in [-0.05, 0) is 46.1 Å². The van der Waals surface area contributed by atoms with Gasteiger partial charge in [0.15, 0.2) is 5.16 Å². The Morgan fingerprint density at radius 3 is 2.62 bits per heavy atom. The quantitative estimate of drug-likeness (QED) is 0.501. The highest BCUT2D eigenvalue weighted by atomic mass is 32.2. The lowest BCUT2D eigenvalue weighted by Gasteiger charge is -2.24. The van der Waals surface area contributed by atoms with Gasteiger partial charge in [0.2, 0.25) is 5.91 Å². The number of aryl methyl sites for hydroxylation is 2. The van der Waals surface area contributed by atoms with Gasteiger partial charge in [-0.15, -0.1) is 21.5 Å². The molecule has 0 atom stereocenters. The van der Waals surface area contributed by atoms with Crippen molar-refractivity contribution in [3.8, 4) is 0 Å². The minimum atomic E-state index is -0.398. The molecule has 2 aromatic rings. The van der Waals surface area contributed by atoms with Gasteiger partial charge in [-0.25, -0.2) is 4.79 Å². The smallest absolute Gasteiger partial charge is 0.341 e. The molecule has 1 aliphatic carbocycles. The Kier molecular flexibility index (Phi) is 7.34. The van der Waals surface area contributed by atoms with Crippen LogP contribution in [0.5, 0.6) is 0 Å². The molecular weight excluding hydrogens is 408 g/mol. The minimum absolute atomic E-state index is 0.169. The Bertz CT molecular complexity index is 885. The highest BCUT2D eigenvalue weighted by Crippen LogP contribution is 2.34. The van der Waals surface area contributed by atoms with Crippen molar-refractivity contribution in [2.75, 3.05) is 17.7 Å². The van der Waals surface area contributed by atoms with E-state index in [1.807, 2.05) is 20.8 Å². The van der Waals surface area contributed by atoms with E-state index >= 15 is 0 Å². The Balaban J connectivity index is 1.67. The van der Waals surface area contributed by atoms with Crippen LogP contribution in [0.15, 0.2) is 5.16 Å². The van der Waals surface area contributed by atoms with Crippen LogP contribution in [0.3, 0.4) is 0 Å². The normalized spacial score (nSPS) is 14.8. The largest absolute Gasteiger partial charge is 0.462 e. The summed E-state index contributed by atoms with van der Waals surface area (Å²) in [7, 11) is 0. The molecule has 2 heterocycles. The zero-order valence-electron chi connectivity index (χ0n) is 17.4. The molecule has 1 amide bonds. The topological polar surface area (TPSA) is 86.1 Å². The predicted octanol–water partition coefficient (Wildman–Crippen LogP) is 4.68. The Morgan fingerprint density at radius 1 is 1.21 bits per heavy atom. The molecule has 0 aliphatic heterocycles. The Morgan fingerprint density at radius 2 is 1.93 bits per heavy atom. The van der Waals surface area contributed by atoms with Crippen LogP contribution in [0.1, 0.15) is 71.7 Å². The van der Waals surface area contributed by atoms with Crippen LogP contribution in [0.4, 0.5) is 5.00 Å². The van der Waals surface area contributed by atoms with E-state index in [0.29, 0.717) is 23.2 Å². The molecule has 0 unspecified atom stereocenters. The summed E-state index contributed by atoms with van der Waals surface area (Å²) in [4.78, 5) is 25.9. The molecule has 2 aromatic heterocycles. The first-order chi connectivity index (χ1) is 13.9. The number of nitrogens with zero attached hydrogens (tertiary/aromatic N) is 3. The van der Waals surface area contributed by atoms with E-state index in [4.69, 9.17) is 4.74 Å². The van der Waals surface area contributed by atoms with Gasteiger partial charge in [0.05, 0.1) is 17.9 Å². The second-order valence-electron chi connectivity index (χ2n) is 7.24. The van der Waals surface area contributed by atoms with Gasteiger partial charge in [0, 0.05) is 10.9 Å². The average Bonchev–Trinajstić information content (AvgIpc) is 3.20. The van der Waals surface area contributed by atoms with E-state index in [-0.39, 0.29) is 11.7 Å². The second kappa shape index (κ2) is 9.75. The maximum absolute atomic E-state index is 12.6. The van der Waals surface area contributed by atoms with Gasteiger partial charge in [0.1, 0.15) is 10.8 Å². The number of rotatable bonds is 7. The summed E-state index contributed by atoms with van der Waals surface area (Å²) in [6.45, 7) is 7.84. The van der Waals surface area contributed by atoms with Crippen LogP contribution >= 0.6 is 23.1 Å². The zero-order valence-corrected chi connectivity index (χ0v) is 19.0. The van der Waals surface area contributed by atoms with Gasteiger partial charge >= 0.3 is 5.97 Å². The average molecular weight is 437 g/mol. The van der Waals surface area contributed by atoms with Crippen LogP contribution in [-0.2, 0) is 9.53 Å². The zero-order chi connectivity index (χ0) is 21.0. The number of thiophene rings is 1. The fourth-order valence-corrected chi connectivity index (χ4v) is 5.58. The first-order valence-electron chi connectivity index (χ1n) is 10.0. The van der Waals surface area contributed by atoms with Crippen LogP contribution in [0.25, 0.3) is 0 Å². The number of hydrogen-bond donors (Lipinski definition) is 1. The molecule has 7 nitrogen and oxygen atoms in total. The number of amides is 1. The Hall–Kier alpha value is -1.87. The molecule has 0 aromatic carbocycles. The van der Waals surface area contributed by atoms with E-state index in [0.717, 1.165) is 34.3 Å². The molecule has 29 heavy (non-hydrogen) atoms. The SMILES string of the molecule is CCOC(=O)c1c(NC(=O)CSc2nnc(C)n2C2CCCCC2)sc(C)c1C. The van der Waals surface area contributed by atoms with Crippen molar-refractivity contribution < 1.29 is 14.3 Å². The summed E-state index contributed by atoms with van der Waals surface area (Å²) in [6, 6.07) is 0.419. The van der Waals surface area contributed by atoms with E-state index in [9.17, 15) is 9.59 Å². The third-order valence-corrected chi connectivity index (χ3v) is 7.29. The van der Waals surface area contributed by atoms with Gasteiger partial charge in [-0.1, -0.05) is 31.0 Å². The van der Waals surface area contributed by atoms with Crippen LogP contribution < -0.4 is 5.32 Å². The highest BCUT2D eigenvalue weighted by molar-refractivity contribution is 7.99. The monoisotopic (exact) mass is 436 g/mol. The van der Waals surface area contributed by atoms with Gasteiger partial charge in [0.25, 0.3) is 0 Å². The minimum Gasteiger partial charge on any atom is -0.462 e. The molecule has 0 saturated heterocycles. The van der Waals surface area contributed by atoms with Crippen molar-refractivity contribution in [2.24, 2.45) is 0 Å².